The Bertz CT molecular complexity index is 551. The van der Waals surface area contributed by atoms with Crippen molar-refractivity contribution < 1.29 is 0 Å². The van der Waals surface area contributed by atoms with E-state index in [-0.39, 0.29) is 0 Å². The van der Waals surface area contributed by atoms with Gasteiger partial charge in [-0.2, -0.15) is 0 Å². The lowest BCUT2D eigenvalue weighted by Crippen LogP contribution is -2.27. The largest absolute Gasteiger partial charge is 0.317 e. The SMILES string of the molecule is C=C(C)CCC(Cc1cccc2ccccc12)NC. The van der Waals surface area contributed by atoms with E-state index in [1.807, 2.05) is 7.05 Å². The fraction of sp³-hybridized carbons (Fsp3) is 0.333. The van der Waals surface area contributed by atoms with Crippen LogP contribution < -0.4 is 5.32 Å². The third-order valence-corrected chi connectivity index (χ3v) is 3.67. The Balaban J connectivity index is 2.17. The molecule has 0 aliphatic carbocycles. The van der Waals surface area contributed by atoms with Crippen molar-refractivity contribution in [2.75, 3.05) is 7.05 Å². The average Bonchev–Trinajstić information content (AvgIpc) is 2.43. The van der Waals surface area contributed by atoms with Gasteiger partial charge in [-0.15, -0.1) is 6.58 Å². The van der Waals surface area contributed by atoms with Crippen molar-refractivity contribution in [3.63, 3.8) is 0 Å². The van der Waals surface area contributed by atoms with Gasteiger partial charge in [-0.3, -0.25) is 0 Å². The Labute approximate surface area is 116 Å². The van der Waals surface area contributed by atoms with Gasteiger partial charge in [-0.05, 0) is 49.6 Å². The van der Waals surface area contributed by atoms with Crippen LogP contribution in [0.5, 0.6) is 0 Å². The molecule has 100 valence electrons. The average molecular weight is 253 g/mol. The van der Waals surface area contributed by atoms with Crippen molar-refractivity contribution in [2.45, 2.75) is 32.2 Å². The van der Waals surface area contributed by atoms with Crippen molar-refractivity contribution in [3.8, 4) is 0 Å². The van der Waals surface area contributed by atoms with Crippen LogP contribution in [0.25, 0.3) is 10.8 Å². The first-order valence-electron chi connectivity index (χ1n) is 6.99. The molecular weight excluding hydrogens is 230 g/mol. The minimum atomic E-state index is 0.516. The molecule has 0 amide bonds. The predicted octanol–water partition coefficient (Wildman–Crippen LogP) is 4.33. The predicted molar refractivity (Wildman–Crippen MR) is 84.5 cm³/mol. The second-order valence-corrected chi connectivity index (χ2v) is 5.32. The quantitative estimate of drug-likeness (QED) is 0.756. The molecule has 0 fully saturated rings. The van der Waals surface area contributed by atoms with E-state index >= 15 is 0 Å². The molecule has 0 aliphatic heterocycles. The molecule has 1 atom stereocenters. The Hall–Kier alpha value is -1.60. The number of benzene rings is 2. The maximum atomic E-state index is 3.99. The van der Waals surface area contributed by atoms with Crippen LogP contribution in [0.1, 0.15) is 25.3 Å². The zero-order chi connectivity index (χ0) is 13.7. The van der Waals surface area contributed by atoms with E-state index in [0.717, 1.165) is 19.3 Å². The molecule has 0 spiro atoms. The Morgan fingerprint density at radius 2 is 1.89 bits per heavy atom. The molecule has 0 radical (unpaired) electrons. The van der Waals surface area contributed by atoms with Gasteiger partial charge in [0, 0.05) is 6.04 Å². The summed E-state index contributed by atoms with van der Waals surface area (Å²) in [4.78, 5) is 0. The minimum Gasteiger partial charge on any atom is -0.317 e. The zero-order valence-corrected chi connectivity index (χ0v) is 11.9. The second-order valence-electron chi connectivity index (χ2n) is 5.32. The summed E-state index contributed by atoms with van der Waals surface area (Å²) in [6.07, 6.45) is 3.32. The van der Waals surface area contributed by atoms with Crippen LogP contribution in [0.3, 0.4) is 0 Å². The van der Waals surface area contributed by atoms with Gasteiger partial charge in [-0.1, -0.05) is 48.0 Å². The summed E-state index contributed by atoms with van der Waals surface area (Å²) >= 11 is 0. The van der Waals surface area contributed by atoms with E-state index in [0.29, 0.717) is 6.04 Å². The van der Waals surface area contributed by atoms with E-state index in [4.69, 9.17) is 0 Å². The van der Waals surface area contributed by atoms with E-state index < -0.39 is 0 Å². The highest BCUT2D eigenvalue weighted by molar-refractivity contribution is 5.85. The number of rotatable bonds is 6. The lowest BCUT2D eigenvalue weighted by atomic mass is 9.96. The van der Waals surface area contributed by atoms with Gasteiger partial charge in [0.05, 0.1) is 0 Å². The van der Waals surface area contributed by atoms with Crippen molar-refractivity contribution in [2.24, 2.45) is 0 Å². The molecule has 0 saturated carbocycles. The number of likely N-dealkylation sites (N-methyl/N-ethyl adjacent to an activating group) is 1. The van der Waals surface area contributed by atoms with Gasteiger partial charge < -0.3 is 5.32 Å². The van der Waals surface area contributed by atoms with Crippen LogP contribution in [0.15, 0.2) is 54.6 Å². The summed E-state index contributed by atoms with van der Waals surface area (Å²) in [6, 6.07) is 15.7. The topological polar surface area (TPSA) is 12.0 Å². The first-order valence-corrected chi connectivity index (χ1v) is 6.99. The van der Waals surface area contributed by atoms with Gasteiger partial charge in [0.25, 0.3) is 0 Å². The zero-order valence-electron chi connectivity index (χ0n) is 11.9. The maximum absolute atomic E-state index is 3.99. The highest BCUT2D eigenvalue weighted by Crippen LogP contribution is 2.21. The molecule has 0 heterocycles. The smallest absolute Gasteiger partial charge is 0.0108 e. The molecule has 1 heteroatoms. The van der Waals surface area contributed by atoms with Crippen LogP contribution in [0.4, 0.5) is 0 Å². The van der Waals surface area contributed by atoms with Crippen LogP contribution in [-0.4, -0.2) is 13.1 Å². The molecule has 2 aromatic rings. The van der Waals surface area contributed by atoms with Gasteiger partial charge in [0.2, 0.25) is 0 Å². The van der Waals surface area contributed by atoms with E-state index in [1.54, 1.807) is 0 Å². The van der Waals surface area contributed by atoms with Crippen LogP contribution in [-0.2, 0) is 6.42 Å². The molecular formula is C18H23N. The molecule has 1 unspecified atom stereocenters. The van der Waals surface area contributed by atoms with Crippen molar-refractivity contribution in [3.05, 3.63) is 60.2 Å². The van der Waals surface area contributed by atoms with Crippen LogP contribution >= 0.6 is 0 Å². The molecule has 0 saturated heterocycles. The van der Waals surface area contributed by atoms with E-state index in [2.05, 4.69) is 61.3 Å². The fourth-order valence-corrected chi connectivity index (χ4v) is 2.51. The molecule has 0 bridgehead atoms. The third kappa shape index (κ3) is 3.68. The normalized spacial score (nSPS) is 12.5. The standard InChI is InChI=1S/C18H23N/c1-14(2)11-12-17(19-3)13-16-9-6-8-15-7-4-5-10-18(15)16/h4-10,17,19H,1,11-13H2,2-3H3. The highest BCUT2D eigenvalue weighted by Gasteiger charge is 2.09. The molecule has 1 N–H and O–H groups in total. The summed E-state index contributed by atoms with van der Waals surface area (Å²) < 4.78 is 0. The Kier molecular flexibility index (Phi) is 4.75. The molecule has 2 aromatic carbocycles. The summed E-state index contributed by atoms with van der Waals surface area (Å²) in [5, 5.41) is 6.13. The fourth-order valence-electron chi connectivity index (χ4n) is 2.51. The maximum Gasteiger partial charge on any atom is 0.0108 e. The molecule has 2 rings (SSSR count). The van der Waals surface area contributed by atoms with E-state index in [9.17, 15) is 0 Å². The van der Waals surface area contributed by atoms with E-state index in [1.165, 1.54) is 21.9 Å². The van der Waals surface area contributed by atoms with Gasteiger partial charge >= 0.3 is 0 Å². The molecule has 0 aliphatic rings. The minimum absolute atomic E-state index is 0.516. The monoisotopic (exact) mass is 253 g/mol. The summed E-state index contributed by atoms with van der Waals surface area (Å²) in [6.45, 7) is 6.09. The first-order chi connectivity index (χ1) is 9.20. The molecule has 0 aromatic heterocycles. The number of hydrogen-bond donors (Lipinski definition) is 1. The van der Waals surface area contributed by atoms with Crippen LogP contribution in [0, 0.1) is 0 Å². The first kappa shape index (κ1) is 13.8. The van der Waals surface area contributed by atoms with Crippen molar-refractivity contribution in [1.29, 1.82) is 0 Å². The summed E-state index contributed by atoms with van der Waals surface area (Å²) in [7, 11) is 2.05. The molecule has 19 heavy (non-hydrogen) atoms. The summed E-state index contributed by atoms with van der Waals surface area (Å²) in [5.74, 6) is 0. The second kappa shape index (κ2) is 6.53. The van der Waals surface area contributed by atoms with Gasteiger partial charge in [0.1, 0.15) is 0 Å². The van der Waals surface area contributed by atoms with Gasteiger partial charge in [-0.25, -0.2) is 0 Å². The van der Waals surface area contributed by atoms with Crippen LogP contribution in [0.2, 0.25) is 0 Å². The summed E-state index contributed by atoms with van der Waals surface area (Å²) in [5.41, 5.74) is 2.69. The van der Waals surface area contributed by atoms with Gasteiger partial charge in [0.15, 0.2) is 0 Å². The Morgan fingerprint density at radius 3 is 2.63 bits per heavy atom. The number of hydrogen-bond acceptors (Lipinski definition) is 1. The Morgan fingerprint density at radius 1 is 1.16 bits per heavy atom. The van der Waals surface area contributed by atoms with Crippen molar-refractivity contribution in [1.82, 2.24) is 5.32 Å². The number of fused-ring (bicyclic) bond motifs is 1. The number of nitrogens with one attached hydrogen (secondary N) is 1. The number of allylic oxidation sites excluding steroid dienone is 1. The van der Waals surface area contributed by atoms with Crippen molar-refractivity contribution >= 4 is 10.8 Å². The molecule has 1 nitrogen and oxygen atoms in total. The third-order valence-electron chi connectivity index (χ3n) is 3.67. The highest BCUT2D eigenvalue weighted by atomic mass is 14.9. The lowest BCUT2D eigenvalue weighted by Gasteiger charge is -2.17. The lowest BCUT2D eigenvalue weighted by molar-refractivity contribution is 0.521.